The van der Waals surface area contributed by atoms with Gasteiger partial charge in [-0.3, -0.25) is 9.97 Å². The molecule has 0 bridgehead atoms. The molecule has 2 heterocycles. The topological polar surface area (TPSA) is 72.3 Å². The van der Waals surface area contributed by atoms with Crippen molar-refractivity contribution in [1.82, 2.24) is 9.97 Å². The molecule has 0 aliphatic carbocycles. The highest BCUT2D eigenvalue weighted by molar-refractivity contribution is 7.99. The molecule has 0 saturated heterocycles. The third-order valence-corrected chi connectivity index (χ3v) is 7.30. The molecule has 0 spiro atoms. The first-order valence-electron chi connectivity index (χ1n) is 12.8. The van der Waals surface area contributed by atoms with E-state index in [1.807, 2.05) is 36.0 Å². The highest BCUT2D eigenvalue weighted by atomic mass is 32.2. The number of benzene rings is 2. The van der Waals surface area contributed by atoms with E-state index in [0.717, 1.165) is 33.8 Å². The average molecular weight is 525 g/mol. The molecular weight excluding hydrogens is 492 g/mol. The first kappa shape index (κ1) is 27.1. The fourth-order valence-corrected chi connectivity index (χ4v) is 5.01. The van der Waals surface area contributed by atoms with E-state index in [1.54, 1.807) is 19.4 Å². The van der Waals surface area contributed by atoms with E-state index < -0.39 is 5.97 Å². The van der Waals surface area contributed by atoms with Gasteiger partial charge < -0.3 is 9.84 Å². The summed E-state index contributed by atoms with van der Waals surface area (Å²) in [5.41, 5.74) is 5.50. The molecule has 6 heteroatoms. The summed E-state index contributed by atoms with van der Waals surface area (Å²) in [5.74, 6) is 0.949. The summed E-state index contributed by atoms with van der Waals surface area (Å²) in [5, 5.41) is 9.35. The molecule has 4 rings (SSSR count). The molecular formula is C32H32N2O3S. The summed E-state index contributed by atoms with van der Waals surface area (Å²) in [6.45, 7) is 2.24. The quantitative estimate of drug-likeness (QED) is 0.149. The van der Waals surface area contributed by atoms with Gasteiger partial charge in [0.05, 0.1) is 24.1 Å². The molecule has 0 saturated carbocycles. The second-order valence-electron chi connectivity index (χ2n) is 8.93. The van der Waals surface area contributed by atoms with E-state index in [-0.39, 0.29) is 5.56 Å². The maximum absolute atomic E-state index is 11.4. The Morgan fingerprint density at radius 3 is 2.16 bits per heavy atom. The number of unbranched alkanes of at least 4 members (excludes halogenated alkanes) is 3. The van der Waals surface area contributed by atoms with Gasteiger partial charge in [-0.1, -0.05) is 50.5 Å². The Morgan fingerprint density at radius 1 is 0.842 bits per heavy atom. The average Bonchev–Trinajstić information content (AvgIpc) is 2.96. The van der Waals surface area contributed by atoms with Gasteiger partial charge in [-0.15, -0.1) is 11.8 Å². The first-order chi connectivity index (χ1) is 18.6. The van der Waals surface area contributed by atoms with E-state index in [4.69, 9.17) is 4.74 Å². The molecule has 38 heavy (non-hydrogen) atoms. The SMILES string of the molecule is CCCCCCSc1ccc(/C(=C/c2ccnc(-c3cc(C(=O)O)ccn3)c2)c2ccc(OC)cc2)cc1. The molecule has 2 aromatic carbocycles. The van der Waals surface area contributed by atoms with E-state index in [2.05, 4.69) is 59.4 Å². The van der Waals surface area contributed by atoms with Crippen molar-refractivity contribution in [3.8, 4) is 17.1 Å². The molecule has 0 aliphatic heterocycles. The Labute approximate surface area is 228 Å². The van der Waals surface area contributed by atoms with Crippen LogP contribution in [-0.2, 0) is 0 Å². The van der Waals surface area contributed by atoms with Crippen LogP contribution in [0.5, 0.6) is 5.75 Å². The van der Waals surface area contributed by atoms with Crippen LogP contribution in [0.4, 0.5) is 0 Å². The monoisotopic (exact) mass is 524 g/mol. The zero-order chi connectivity index (χ0) is 26.7. The summed E-state index contributed by atoms with van der Waals surface area (Å²) in [4.78, 5) is 21.5. The molecule has 2 aromatic heterocycles. The standard InChI is InChI=1S/C32H32N2O3S/c1-3-4-5-6-19-38-28-13-9-25(10-14-28)29(24-7-11-27(37-2)12-8-24)20-23-15-17-33-30(21-23)31-22-26(32(35)36)16-18-34-31/h7-18,20-22H,3-6,19H2,1-2H3,(H,35,36)/b29-20+. The second-order valence-corrected chi connectivity index (χ2v) is 10.1. The summed E-state index contributed by atoms with van der Waals surface area (Å²) in [7, 11) is 1.66. The van der Waals surface area contributed by atoms with Gasteiger partial charge in [0.25, 0.3) is 0 Å². The number of nitrogens with zero attached hydrogens (tertiary/aromatic N) is 2. The number of carboxylic acids is 1. The number of thioether (sulfide) groups is 1. The molecule has 5 nitrogen and oxygen atoms in total. The zero-order valence-electron chi connectivity index (χ0n) is 21.8. The number of aromatic nitrogens is 2. The van der Waals surface area contributed by atoms with Gasteiger partial charge in [0, 0.05) is 17.3 Å². The van der Waals surface area contributed by atoms with Crippen LogP contribution < -0.4 is 4.74 Å². The van der Waals surface area contributed by atoms with Crippen molar-refractivity contribution in [2.24, 2.45) is 0 Å². The van der Waals surface area contributed by atoms with Gasteiger partial charge in [0.2, 0.25) is 0 Å². The number of aromatic carboxylic acids is 1. The fourth-order valence-electron chi connectivity index (χ4n) is 4.10. The Morgan fingerprint density at radius 2 is 1.50 bits per heavy atom. The minimum absolute atomic E-state index is 0.181. The fraction of sp³-hybridized carbons (Fsp3) is 0.219. The van der Waals surface area contributed by atoms with Gasteiger partial charge in [0.15, 0.2) is 0 Å². The van der Waals surface area contributed by atoms with Crippen molar-refractivity contribution >= 4 is 29.4 Å². The minimum atomic E-state index is -0.992. The smallest absolute Gasteiger partial charge is 0.335 e. The highest BCUT2D eigenvalue weighted by Crippen LogP contribution is 2.30. The van der Waals surface area contributed by atoms with Crippen LogP contribution in [0.25, 0.3) is 23.0 Å². The number of methoxy groups -OCH3 is 1. The van der Waals surface area contributed by atoms with Crippen molar-refractivity contribution in [1.29, 1.82) is 0 Å². The predicted octanol–water partition coefficient (Wildman–Crippen LogP) is 8.11. The number of rotatable bonds is 12. The first-order valence-corrected chi connectivity index (χ1v) is 13.8. The Hall–Kier alpha value is -3.90. The Kier molecular flexibility index (Phi) is 9.71. The van der Waals surface area contributed by atoms with Crippen molar-refractivity contribution in [3.63, 3.8) is 0 Å². The lowest BCUT2D eigenvalue weighted by Gasteiger charge is -2.12. The van der Waals surface area contributed by atoms with Crippen molar-refractivity contribution in [2.45, 2.75) is 37.5 Å². The normalized spacial score (nSPS) is 11.4. The number of ether oxygens (including phenoxy) is 1. The lowest BCUT2D eigenvalue weighted by molar-refractivity contribution is 0.0697. The van der Waals surface area contributed by atoms with Crippen LogP contribution in [0.3, 0.4) is 0 Å². The van der Waals surface area contributed by atoms with Gasteiger partial charge in [-0.05, 0) is 89.0 Å². The molecule has 0 aliphatic rings. The molecule has 1 N–H and O–H groups in total. The molecule has 0 unspecified atom stereocenters. The molecule has 0 fully saturated rings. The van der Waals surface area contributed by atoms with Crippen LogP contribution in [0.15, 0.2) is 90.1 Å². The van der Waals surface area contributed by atoms with Crippen LogP contribution in [0, 0.1) is 0 Å². The number of carboxylic acid groups (broad SMARTS) is 1. The summed E-state index contributed by atoms with van der Waals surface area (Å²) < 4.78 is 5.36. The molecule has 194 valence electrons. The molecule has 0 amide bonds. The van der Waals surface area contributed by atoms with Gasteiger partial charge in [-0.2, -0.15) is 0 Å². The number of hydrogen-bond donors (Lipinski definition) is 1. The van der Waals surface area contributed by atoms with Crippen molar-refractivity contribution in [2.75, 3.05) is 12.9 Å². The third-order valence-electron chi connectivity index (χ3n) is 6.20. The van der Waals surface area contributed by atoms with Gasteiger partial charge in [-0.25, -0.2) is 4.79 Å². The number of hydrogen-bond acceptors (Lipinski definition) is 5. The summed E-state index contributed by atoms with van der Waals surface area (Å²) >= 11 is 1.91. The molecule has 0 radical (unpaired) electrons. The zero-order valence-corrected chi connectivity index (χ0v) is 22.6. The van der Waals surface area contributed by atoms with Crippen molar-refractivity contribution < 1.29 is 14.6 Å². The second kappa shape index (κ2) is 13.6. The van der Waals surface area contributed by atoms with E-state index in [0.29, 0.717) is 11.4 Å². The van der Waals surface area contributed by atoms with Crippen LogP contribution in [-0.4, -0.2) is 33.9 Å². The largest absolute Gasteiger partial charge is 0.497 e. The number of pyridine rings is 2. The summed E-state index contributed by atoms with van der Waals surface area (Å²) in [6.07, 6.45) is 10.4. The predicted molar refractivity (Wildman–Crippen MR) is 156 cm³/mol. The Balaban J connectivity index is 1.65. The van der Waals surface area contributed by atoms with Crippen LogP contribution >= 0.6 is 11.8 Å². The molecule has 0 atom stereocenters. The van der Waals surface area contributed by atoms with E-state index >= 15 is 0 Å². The minimum Gasteiger partial charge on any atom is -0.497 e. The van der Waals surface area contributed by atoms with Gasteiger partial charge in [0.1, 0.15) is 5.75 Å². The summed E-state index contributed by atoms with van der Waals surface area (Å²) in [6, 6.07) is 23.6. The maximum Gasteiger partial charge on any atom is 0.335 e. The highest BCUT2D eigenvalue weighted by Gasteiger charge is 2.10. The van der Waals surface area contributed by atoms with E-state index in [1.165, 1.54) is 42.8 Å². The lowest BCUT2D eigenvalue weighted by Crippen LogP contribution is -1.98. The lowest BCUT2D eigenvalue weighted by atomic mass is 9.95. The molecule has 4 aromatic rings. The third kappa shape index (κ3) is 7.33. The van der Waals surface area contributed by atoms with Crippen LogP contribution in [0.2, 0.25) is 0 Å². The van der Waals surface area contributed by atoms with E-state index in [9.17, 15) is 9.90 Å². The number of carbonyl (C=O) groups is 1. The Bertz CT molecular complexity index is 1380. The maximum atomic E-state index is 11.4. The van der Waals surface area contributed by atoms with Crippen molar-refractivity contribution in [3.05, 3.63) is 107 Å². The van der Waals surface area contributed by atoms with Crippen LogP contribution in [0.1, 0.15) is 59.7 Å². The van der Waals surface area contributed by atoms with Gasteiger partial charge >= 0.3 is 5.97 Å².